The Morgan fingerprint density at radius 1 is 1.07 bits per heavy atom. The van der Waals surface area contributed by atoms with Crippen LogP contribution in [-0.4, -0.2) is 17.0 Å². The van der Waals surface area contributed by atoms with Crippen LogP contribution in [0.5, 0.6) is 0 Å². The molecule has 0 spiro atoms. The van der Waals surface area contributed by atoms with Crippen molar-refractivity contribution in [1.82, 2.24) is 0 Å². The van der Waals surface area contributed by atoms with Crippen LogP contribution in [0.4, 0.5) is 0 Å². The third-order valence-corrected chi connectivity index (χ3v) is 9.96. The maximum Gasteiger partial charge on any atom is 0.159 e. The minimum absolute atomic E-state index is 0.0969. The van der Waals surface area contributed by atoms with Crippen LogP contribution in [0, 0.1) is 40.4 Å². The van der Waals surface area contributed by atoms with Crippen LogP contribution in [-0.2, 0) is 4.79 Å². The molecule has 0 aromatic carbocycles. The van der Waals surface area contributed by atoms with Gasteiger partial charge in [0.05, 0.1) is 6.10 Å². The van der Waals surface area contributed by atoms with Crippen LogP contribution in [0.15, 0.2) is 11.1 Å². The van der Waals surface area contributed by atoms with E-state index < -0.39 is 0 Å². The van der Waals surface area contributed by atoms with Gasteiger partial charge in [0.25, 0.3) is 0 Å². The van der Waals surface area contributed by atoms with Gasteiger partial charge in [-0.25, -0.2) is 0 Å². The molecule has 3 saturated carbocycles. The average molecular weight is 401 g/mol. The fourth-order valence-electron chi connectivity index (χ4n) is 8.22. The zero-order valence-electron chi connectivity index (χ0n) is 19.6. The summed E-state index contributed by atoms with van der Waals surface area (Å²) in [5.41, 5.74) is 3.29. The Bertz CT molecular complexity index is 676. The molecule has 29 heavy (non-hydrogen) atoms. The van der Waals surface area contributed by atoms with Gasteiger partial charge in [-0.2, -0.15) is 0 Å². The number of Topliss-reactive ketones (excluding diaryl/α,β-unsaturated/α-hetero) is 1. The molecule has 2 heteroatoms. The van der Waals surface area contributed by atoms with Crippen LogP contribution in [0.1, 0.15) is 105 Å². The highest BCUT2D eigenvalue weighted by atomic mass is 16.3. The number of hydrogen-bond acceptors (Lipinski definition) is 2. The number of ketones is 1. The van der Waals surface area contributed by atoms with Gasteiger partial charge in [0.15, 0.2) is 5.78 Å². The van der Waals surface area contributed by atoms with E-state index in [-0.39, 0.29) is 11.5 Å². The zero-order valence-corrected chi connectivity index (χ0v) is 19.6. The van der Waals surface area contributed by atoms with Crippen molar-refractivity contribution in [3.8, 4) is 0 Å². The smallest absolute Gasteiger partial charge is 0.159 e. The summed E-state index contributed by atoms with van der Waals surface area (Å²) in [7, 11) is 0. The first-order chi connectivity index (χ1) is 13.7. The van der Waals surface area contributed by atoms with Crippen LogP contribution in [0.3, 0.4) is 0 Å². The van der Waals surface area contributed by atoms with E-state index in [1.165, 1.54) is 44.1 Å². The molecule has 0 amide bonds. The second-order valence-corrected chi connectivity index (χ2v) is 12.1. The van der Waals surface area contributed by atoms with Gasteiger partial charge in [0.1, 0.15) is 0 Å². The first kappa shape index (κ1) is 21.6. The van der Waals surface area contributed by atoms with Gasteiger partial charge in [0, 0.05) is 12.0 Å². The van der Waals surface area contributed by atoms with Crippen LogP contribution in [0.2, 0.25) is 0 Å². The number of hydrogen-bond donors (Lipinski definition) is 1. The first-order valence-electron chi connectivity index (χ1n) is 12.6. The number of allylic oxidation sites excluding steroid dienone is 2. The number of fused-ring (bicyclic) bond motifs is 4. The maximum atomic E-state index is 13.4. The number of aliphatic hydroxyl groups excluding tert-OH is 1. The SMILES string of the molecule is CC(C)CCCC(C)[C@H]1CC(=O)C2=C3CCC4CC(O)CC[C@]4(C)C3CC[C@@]21C. The van der Waals surface area contributed by atoms with Gasteiger partial charge in [-0.15, -0.1) is 0 Å². The van der Waals surface area contributed by atoms with E-state index in [9.17, 15) is 9.90 Å². The molecule has 0 heterocycles. The van der Waals surface area contributed by atoms with Crippen molar-refractivity contribution in [3.05, 3.63) is 11.1 Å². The van der Waals surface area contributed by atoms with E-state index in [4.69, 9.17) is 0 Å². The molecular formula is C27H44O2. The van der Waals surface area contributed by atoms with Gasteiger partial charge < -0.3 is 5.11 Å². The highest BCUT2D eigenvalue weighted by Gasteiger charge is 2.57. The van der Waals surface area contributed by atoms with Gasteiger partial charge in [0.2, 0.25) is 0 Å². The van der Waals surface area contributed by atoms with Crippen molar-refractivity contribution in [3.63, 3.8) is 0 Å². The molecule has 0 saturated heterocycles. The Balaban J connectivity index is 1.59. The molecule has 2 nitrogen and oxygen atoms in total. The summed E-state index contributed by atoms with van der Waals surface area (Å²) < 4.78 is 0. The van der Waals surface area contributed by atoms with Crippen molar-refractivity contribution in [2.75, 3.05) is 0 Å². The van der Waals surface area contributed by atoms with Crippen molar-refractivity contribution in [2.24, 2.45) is 40.4 Å². The number of carbonyl (C=O) groups excluding carboxylic acids is 1. The van der Waals surface area contributed by atoms with Gasteiger partial charge in [-0.1, -0.05) is 59.5 Å². The summed E-state index contributed by atoms with van der Waals surface area (Å²) in [5, 5.41) is 10.2. The highest BCUT2D eigenvalue weighted by molar-refractivity contribution is 6.00. The second kappa shape index (κ2) is 7.81. The standard InChI is InChI=1S/C27H44O2/c1-17(2)7-6-8-18(3)23-16-24(29)25-21-10-9-19-15-20(28)11-13-26(19,4)22(21)12-14-27(23,25)5/h17-20,22-23,28H,6-16H2,1-5H3/t18?,19?,20?,22?,23-,26+,27-/m1/s1. The lowest BCUT2D eigenvalue weighted by molar-refractivity contribution is -0.115. The quantitative estimate of drug-likeness (QED) is 0.556. The molecular weight excluding hydrogens is 356 g/mol. The fourth-order valence-corrected chi connectivity index (χ4v) is 8.22. The average Bonchev–Trinajstić information content (AvgIpc) is 2.93. The summed E-state index contributed by atoms with van der Waals surface area (Å²) >= 11 is 0. The summed E-state index contributed by atoms with van der Waals surface area (Å²) in [6.45, 7) is 12.0. The van der Waals surface area contributed by atoms with E-state index >= 15 is 0 Å². The summed E-state index contributed by atoms with van der Waals surface area (Å²) in [6, 6.07) is 0. The maximum absolute atomic E-state index is 13.4. The molecule has 4 unspecified atom stereocenters. The predicted molar refractivity (Wildman–Crippen MR) is 120 cm³/mol. The number of carbonyl (C=O) groups is 1. The van der Waals surface area contributed by atoms with E-state index in [1.807, 2.05) is 0 Å². The summed E-state index contributed by atoms with van der Waals surface area (Å²) in [6.07, 6.45) is 12.4. The normalized spacial score (nSPS) is 43.2. The molecule has 3 fully saturated rings. The molecule has 4 aliphatic carbocycles. The lowest BCUT2D eigenvalue weighted by Crippen LogP contribution is -2.48. The lowest BCUT2D eigenvalue weighted by atomic mass is 9.48. The molecule has 164 valence electrons. The monoisotopic (exact) mass is 400 g/mol. The van der Waals surface area contributed by atoms with Crippen LogP contribution in [0.25, 0.3) is 0 Å². The summed E-state index contributed by atoms with van der Waals surface area (Å²) in [5.74, 6) is 3.70. The Labute approximate surface area is 178 Å². The van der Waals surface area contributed by atoms with E-state index in [0.717, 1.165) is 38.0 Å². The van der Waals surface area contributed by atoms with E-state index in [2.05, 4.69) is 34.6 Å². The Morgan fingerprint density at radius 3 is 2.55 bits per heavy atom. The Kier molecular flexibility index (Phi) is 5.82. The van der Waals surface area contributed by atoms with Crippen molar-refractivity contribution >= 4 is 5.78 Å². The minimum Gasteiger partial charge on any atom is -0.393 e. The molecule has 0 aromatic heterocycles. The molecule has 7 atom stereocenters. The largest absolute Gasteiger partial charge is 0.393 e. The van der Waals surface area contributed by atoms with Crippen molar-refractivity contribution in [2.45, 2.75) is 111 Å². The van der Waals surface area contributed by atoms with Crippen molar-refractivity contribution in [1.29, 1.82) is 0 Å². The van der Waals surface area contributed by atoms with Gasteiger partial charge in [-0.3, -0.25) is 4.79 Å². The predicted octanol–water partition coefficient (Wildman–Crippen LogP) is 6.71. The molecule has 0 bridgehead atoms. The first-order valence-corrected chi connectivity index (χ1v) is 12.6. The molecule has 1 N–H and O–H groups in total. The van der Waals surface area contributed by atoms with Crippen LogP contribution < -0.4 is 0 Å². The lowest BCUT2D eigenvalue weighted by Gasteiger charge is -2.56. The molecule has 4 rings (SSSR count). The van der Waals surface area contributed by atoms with Crippen LogP contribution >= 0.6 is 0 Å². The summed E-state index contributed by atoms with van der Waals surface area (Å²) in [4.78, 5) is 13.4. The van der Waals surface area contributed by atoms with E-state index in [1.54, 1.807) is 5.57 Å². The Hall–Kier alpha value is -0.630. The molecule has 0 radical (unpaired) electrons. The zero-order chi connectivity index (χ0) is 21.0. The minimum atomic E-state index is -0.0969. The third-order valence-electron chi connectivity index (χ3n) is 9.96. The molecule has 0 aromatic rings. The van der Waals surface area contributed by atoms with Crippen molar-refractivity contribution < 1.29 is 9.90 Å². The molecule has 4 aliphatic rings. The second-order valence-electron chi connectivity index (χ2n) is 12.1. The Morgan fingerprint density at radius 2 is 1.83 bits per heavy atom. The fraction of sp³-hybridized carbons (Fsp3) is 0.889. The van der Waals surface area contributed by atoms with Gasteiger partial charge in [-0.05, 0) is 85.4 Å². The molecule has 0 aliphatic heterocycles. The number of rotatable bonds is 5. The third kappa shape index (κ3) is 3.56. The van der Waals surface area contributed by atoms with Gasteiger partial charge >= 0.3 is 0 Å². The topological polar surface area (TPSA) is 37.3 Å². The highest BCUT2D eigenvalue weighted by Crippen LogP contribution is 2.65. The number of aliphatic hydroxyl groups is 1. The van der Waals surface area contributed by atoms with E-state index in [0.29, 0.717) is 34.9 Å².